The van der Waals surface area contributed by atoms with Crippen molar-refractivity contribution in [3.05, 3.63) is 40.2 Å². The Bertz CT molecular complexity index is 536. The molecule has 1 atom stereocenters. The lowest BCUT2D eigenvalue weighted by Crippen LogP contribution is -2.12. The van der Waals surface area contributed by atoms with Crippen LogP contribution in [0.2, 0.25) is 0 Å². The van der Waals surface area contributed by atoms with E-state index in [0.29, 0.717) is 12.0 Å². The zero-order chi connectivity index (χ0) is 13.2. The summed E-state index contributed by atoms with van der Waals surface area (Å²) in [6, 6.07) is 9.29. The molecule has 1 aromatic carbocycles. The molecule has 2 nitrogen and oxygen atoms in total. The van der Waals surface area contributed by atoms with Crippen molar-refractivity contribution < 1.29 is 0 Å². The van der Waals surface area contributed by atoms with Gasteiger partial charge in [-0.05, 0) is 30.9 Å². The minimum absolute atomic E-state index is 0.480. The van der Waals surface area contributed by atoms with Crippen LogP contribution in [0.3, 0.4) is 0 Å². The minimum atomic E-state index is 0.480. The zero-order valence-corrected chi connectivity index (χ0v) is 12.3. The maximum atomic E-state index is 4.79. The summed E-state index contributed by atoms with van der Waals surface area (Å²) < 4.78 is 0. The van der Waals surface area contributed by atoms with Crippen molar-refractivity contribution >= 4 is 11.3 Å². The number of nitrogens with zero attached hydrogens (tertiary/aromatic N) is 1. The van der Waals surface area contributed by atoms with E-state index < -0.39 is 0 Å². The lowest BCUT2D eigenvalue weighted by Gasteiger charge is -2.06. The molecule has 2 heterocycles. The summed E-state index contributed by atoms with van der Waals surface area (Å²) in [7, 11) is 0. The summed E-state index contributed by atoms with van der Waals surface area (Å²) in [6.07, 6.45) is 2.49. The van der Waals surface area contributed by atoms with Crippen LogP contribution in [0.5, 0.6) is 0 Å². The van der Waals surface area contributed by atoms with Gasteiger partial charge < -0.3 is 5.32 Å². The van der Waals surface area contributed by atoms with E-state index in [4.69, 9.17) is 4.98 Å². The fraction of sp³-hybridized carbons (Fsp3) is 0.438. The van der Waals surface area contributed by atoms with Crippen LogP contribution in [0, 0.1) is 0 Å². The van der Waals surface area contributed by atoms with Gasteiger partial charge in [-0.1, -0.05) is 38.1 Å². The molecule has 0 spiro atoms. The Hall–Kier alpha value is -1.19. The molecule has 1 N–H and O–H groups in total. The van der Waals surface area contributed by atoms with E-state index in [2.05, 4.69) is 48.8 Å². The topological polar surface area (TPSA) is 24.9 Å². The van der Waals surface area contributed by atoms with E-state index in [1.54, 1.807) is 11.3 Å². The van der Waals surface area contributed by atoms with Gasteiger partial charge in [-0.2, -0.15) is 0 Å². The summed E-state index contributed by atoms with van der Waals surface area (Å²) in [5, 5.41) is 6.93. The largest absolute Gasteiger partial charge is 0.308 e. The Morgan fingerprint density at radius 2 is 2.05 bits per heavy atom. The van der Waals surface area contributed by atoms with Crippen LogP contribution in [-0.4, -0.2) is 11.5 Å². The first kappa shape index (κ1) is 12.8. The van der Waals surface area contributed by atoms with Gasteiger partial charge >= 0.3 is 0 Å². The van der Waals surface area contributed by atoms with Crippen molar-refractivity contribution in [2.24, 2.45) is 0 Å². The number of thiazole rings is 1. The SMILES string of the molecule is CC(C)c1ccc(-c2csc(C3CCCN3)n2)cc1. The Balaban J connectivity index is 1.81. The first-order valence-electron chi connectivity index (χ1n) is 7.03. The highest BCUT2D eigenvalue weighted by Gasteiger charge is 2.19. The van der Waals surface area contributed by atoms with Gasteiger partial charge in [0.15, 0.2) is 0 Å². The van der Waals surface area contributed by atoms with Gasteiger partial charge in [-0.15, -0.1) is 11.3 Å². The van der Waals surface area contributed by atoms with E-state index >= 15 is 0 Å². The van der Waals surface area contributed by atoms with Crippen LogP contribution in [0.1, 0.15) is 49.2 Å². The van der Waals surface area contributed by atoms with Crippen molar-refractivity contribution in [3.8, 4) is 11.3 Å². The smallest absolute Gasteiger partial charge is 0.110 e. The molecule has 0 amide bonds. The van der Waals surface area contributed by atoms with Crippen molar-refractivity contribution in [1.29, 1.82) is 0 Å². The van der Waals surface area contributed by atoms with Crippen molar-refractivity contribution in [2.75, 3.05) is 6.54 Å². The number of benzene rings is 1. The Morgan fingerprint density at radius 3 is 2.68 bits per heavy atom. The number of nitrogens with one attached hydrogen (secondary N) is 1. The summed E-state index contributed by atoms with van der Waals surface area (Å²) in [4.78, 5) is 4.79. The van der Waals surface area contributed by atoms with Gasteiger partial charge in [-0.25, -0.2) is 4.98 Å². The third-order valence-electron chi connectivity index (χ3n) is 3.75. The maximum Gasteiger partial charge on any atom is 0.110 e. The fourth-order valence-corrected chi connectivity index (χ4v) is 3.45. The minimum Gasteiger partial charge on any atom is -0.308 e. The summed E-state index contributed by atoms with van der Waals surface area (Å²) in [5.41, 5.74) is 3.73. The highest BCUT2D eigenvalue weighted by Crippen LogP contribution is 2.30. The third kappa shape index (κ3) is 2.72. The quantitative estimate of drug-likeness (QED) is 0.898. The van der Waals surface area contributed by atoms with Gasteiger partial charge in [0, 0.05) is 10.9 Å². The Kier molecular flexibility index (Phi) is 3.67. The normalized spacial score (nSPS) is 19.2. The number of hydrogen-bond donors (Lipinski definition) is 1. The van der Waals surface area contributed by atoms with Gasteiger partial charge in [0.05, 0.1) is 11.7 Å². The van der Waals surface area contributed by atoms with Crippen LogP contribution in [0.25, 0.3) is 11.3 Å². The van der Waals surface area contributed by atoms with E-state index in [9.17, 15) is 0 Å². The molecule has 19 heavy (non-hydrogen) atoms. The van der Waals surface area contributed by atoms with Gasteiger partial charge in [0.2, 0.25) is 0 Å². The van der Waals surface area contributed by atoms with E-state index in [-0.39, 0.29) is 0 Å². The maximum absolute atomic E-state index is 4.79. The highest BCUT2D eigenvalue weighted by molar-refractivity contribution is 7.10. The van der Waals surface area contributed by atoms with Crippen LogP contribution < -0.4 is 5.32 Å². The summed E-state index contributed by atoms with van der Waals surface area (Å²) in [6.45, 7) is 5.58. The second-order valence-electron chi connectivity index (χ2n) is 5.50. The predicted molar refractivity (Wildman–Crippen MR) is 81.6 cm³/mol. The molecule has 2 aromatic rings. The molecule has 3 heteroatoms. The van der Waals surface area contributed by atoms with Gasteiger partial charge in [0.25, 0.3) is 0 Å². The number of aromatic nitrogens is 1. The molecule has 1 saturated heterocycles. The number of rotatable bonds is 3. The Morgan fingerprint density at radius 1 is 1.26 bits per heavy atom. The summed E-state index contributed by atoms with van der Waals surface area (Å²) in [5.74, 6) is 0.586. The lowest BCUT2D eigenvalue weighted by atomic mass is 10.0. The molecule has 0 bridgehead atoms. The number of hydrogen-bond acceptors (Lipinski definition) is 3. The van der Waals surface area contributed by atoms with Crippen LogP contribution in [0.4, 0.5) is 0 Å². The molecule has 0 saturated carbocycles. The monoisotopic (exact) mass is 272 g/mol. The molecule has 3 rings (SSSR count). The predicted octanol–water partition coefficient (Wildman–Crippen LogP) is 4.36. The van der Waals surface area contributed by atoms with Gasteiger partial charge in [0.1, 0.15) is 5.01 Å². The van der Waals surface area contributed by atoms with E-state index in [1.165, 1.54) is 29.0 Å². The molecule has 1 aromatic heterocycles. The van der Waals surface area contributed by atoms with Crippen molar-refractivity contribution in [3.63, 3.8) is 0 Å². The molecule has 1 fully saturated rings. The second kappa shape index (κ2) is 5.43. The molecular formula is C16H20N2S. The van der Waals surface area contributed by atoms with Crippen molar-refractivity contribution in [1.82, 2.24) is 10.3 Å². The molecule has 1 unspecified atom stereocenters. The first-order valence-corrected chi connectivity index (χ1v) is 7.91. The van der Waals surface area contributed by atoms with Gasteiger partial charge in [-0.3, -0.25) is 0 Å². The van der Waals surface area contributed by atoms with Crippen LogP contribution in [-0.2, 0) is 0 Å². The molecule has 1 aliphatic rings. The summed E-state index contributed by atoms with van der Waals surface area (Å²) >= 11 is 1.78. The van der Waals surface area contributed by atoms with E-state index in [1.807, 2.05) is 0 Å². The van der Waals surface area contributed by atoms with Crippen LogP contribution in [0.15, 0.2) is 29.6 Å². The molecule has 1 aliphatic heterocycles. The average Bonchev–Trinajstić information content (AvgIpc) is 3.10. The Labute approximate surface area is 118 Å². The highest BCUT2D eigenvalue weighted by atomic mass is 32.1. The standard InChI is InChI=1S/C16H20N2S/c1-11(2)12-5-7-13(8-6-12)15-10-19-16(18-15)14-4-3-9-17-14/h5-8,10-11,14,17H,3-4,9H2,1-2H3. The fourth-order valence-electron chi connectivity index (χ4n) is 2.51. The van der Waals surface area contributed by atoms with Crippen LogP contribution >= 0.6 is 11.3 Å². The molecule has 100 valence electrons. The lowest BCUT2D eigenvalue weighted by molar-refractivity contribution is 0.643. The molecule has 0 radical (unpaired) electrons. The second-order valence-corrected chi connectivity index (χ2v) is 6.39. The third-order valence-corrected chi connectivity index (χ3v) is 4.71. The zero-order valence-electron chi connectivity index (χ0n) is 11.5. The van der Waals surface area contributed by atoms with E-state index in [0.717, 1.165) is 12.2 Å². The average molecular weight is 272 g/mol. The first-order chi connectivity index (χ1) is 9.24. The molecule has 0 aliphatic carbocycles. The van der Waals surface area contributed by atoms with Crippen molar-refractivity contribution in [2.45, 2.75) is 38.6 Å². The molecular weight excluding hydrogens is 252 g/mol.